The van der Waals surface area contributed by atoms with Gasteiger partial charge in [0.15, 0.2) is 5.75 Å². The van der Waals surface area contributed by atoms with Crippen molar-refractivity contribution < 1.29 is 17.9 Å². The van der Waals surface area contributed by atoms with Gasteiger partial charge >= 0.3 is 6.18 Å². The molecule has 0 radical (unpaired) electrons. The summed E-state index contributed by atoms with van der Waals surface area (Å²) in [6.45, 7) is 3.44. The Bertz CT molecular complexity index is 563. The molecule has 0 atom stereocenters. The minimum atomic E-state index is -4.57. The molecule has 8 heteroatoms. The van der Waals surface area contributed by atoms with Crippen molar-refractivity contribution in [3.63, 3.8) is 0 Å². The van der Waals surface area contributed by atoms with Crippen LogP contribution in [0.5, 0.6) is 11.6 Å². The summed E-state index contributed by atoms with van der Waals surface area (Å²) in [5.41, 5.74) is 0.690. The van der Waals surface area contributed by atoms with Gasteiger partial charge in [0.25, 0.3) is 0 Å². The standard InChI is InChI=1S/C11H9F3N4O/c1-6-3-9(18-7(2)17-6)19-8-4-15-10(16-5-8)11(12,13)14/h3-5H,1-2H3. The molecule has 0 amide bonds. The summed E-state index contributed by atoms with van der Waals surface area (Å²) in [4.78, 5) is 14.4. The maximum Gasteiger partial charge on any atom is 0.451 e. The zero-order valence-corrected chi connectivity index (χ0v) is 10.1. The lowest BCUT2D eigenvalue weighted by atomic mass is 10.4. The fraction of sp³-hybridized carbons (Fsp3) is 0.273. The summed E-state index contributed by atoms with van der Waals surface area (Å²) in [7, 11) is 0. The van der Waals surface area contributed by atoms with Gasteiger partial charge in [-0.15, -0.1) is 0 Å². The summed E-state index contributed by atoms with van der Waals surface area (Å²) in [5, 5.41) is 0. The minimum absolute atomic E-state index is 0.0745. The topological polar surface area (TPSA) is 60.8 Å². The van der Waals surface area contributed by atoms with Crippen molar-refractivity contribution in [1.82, 2.24) is 19.9 Å². The molecule has 0 aliphatic heterocycles. The first-order chi connectivity index (χ1) is 8.84. The minimum Gasteiger partial charge on any atom is -0.436 e. The van der Waals surface area contributed by atoms with Gasteiger partial charge in [0.2, 0.25) is 11.7 Å². The number of hydrogen-bond donors (Lipinski definition) is 0. The number of rotatable bonds is 2. The summed E-state index contributed by atoms with van der Waals surface area (Å²) in [5.74, 6) is -0.406. The number of nitrogens with zero attached hydrogens (tertiary/aromatic N) is 4. The molecule has 2 aromatic heterocycles. The van der Waals surface area contributed by atoms with Crippen molar-refractivity contribution in [1.29, 1.82) is 0 Å². The van der Waals surface area contributed by atoms with Gasteiger partial charge in [-0.05, 0) is 13.8 Å². The second-order valence-electron chi connectivity index (χ2n) is 3.74. The van der Waals surface area contributed by atoms with Crippen LogP contribution < -0.4 is 4.74 Å². The largest absolute Gasteiger partial charge is 0.451 e. The normalized spacial score (nSPS) is 11.4. The molecule has 0 fully saturated rings. The first-order valence-electron chi connectivity index (χ1n) is 5.24. The molecule has 2 aromatic rings. The molecule has 0 aromatic carbocycles. The molecule has 0 aliphatic rings. The van der Waals surface area contributed by atoms with Crippen LogP contribution in [0.1, 0.15) is 17.3 Å². The fourth-order valence-electron chi connectivity index (χ4n) is 1.37. The Hall–Kier alpha value is -2.25. The number of aryl methyl sites for hydroxylation is 2. The quantitative estimate of drug-likeness (QED) is 0.839. The Morgan fingerprint density at radius 3 is 2.21 bits per heavy atom. The zero-order chi connectivity index (χ0) is 14.0. The van der Waals surface area contributed by atoms with Crippen LogP contribution in [-0.2, 0) is 6.18 Å². The lowest BCUT2D eigenvalue weighted by molar-refractivity contribution is -0.145. The van der Waals surface area contributed by atoms with Crippen LogP contribution in [0.15, 0.2) is 18.5 Å². The van der Waals surface area contributed by atoms with Gasteiger partial charge in [0, 0.05) is 11.8 Å². The van der Waals surface area contributed by atoms with E-state index in [0.717, 1.165) is 12.4 Å². The van der Waals surface area contributed by atoms with Crippen molar-refractivity contribution in [2.45, 2.75) is 20.0 Å². The van der Waals surface area contributed by atoms with Gasteiger partial charge < -0.3 is 4.74 Å². The molecule has 2 rings (SSSR count). The summed E-state index contributed by atoms with van der Waals surface area (Å²) in [6.07, 6.45) is -2.67. The van der Waals surface area contributed by atoms with Crippen molar-refractivity contribution >= 4 is 0 Å². The molecule has 0 spiro atoms. The molecule has 0 bridgehead atoms. The van der Waals surface area contributed by atoms with Crippen LogP contribution in [0, 0.1) is 13.8 Å². The van der Waals surface area contributed by atoms with Crippen LogP contribution in [-0.4, -0.2) is 19.9 Å². The molecule has 0 unspecified atom stereocenters. The lowest BCUT2D eigenvalue weighted by Crippen LogP contribution is -2.10. The Labute approximate surface area is 106 Å². The van der Waals surface area contributed by atoms with Gasteiger partial charge in [-0.3, -0.25) is 0 Å². The third-order valence-corrected chi connectivity index (χ3v) is 2.05. The van der Waals surface area contributed by atoms with Crippen LogP contribution >= 0.6 is 0 Å². The SMILES string of the molecule is Cc1cc(Oc2cnc(C(F)(F)F)nc2)nc(C)n1. The van der Waals surface area contributed by atoms with E-state index in [1.807, 2.05) is 0 Å². The number of aromatic nitrogens is 4. The number of halogens is 3. The highest BCUT2D eigenvalue weighted by molar-refractivity contribution is 5.23. The molecular formula is C11H9F3N4O. The predicted octanol–water partition coefficient (Wildman–Crippen LogP) is 2.69. The Morgan fingerprint density at radius 2 is 1.68 bits per heavy atom. The molecule has 0 saturated carbocycles. The number of alkyl halides is 3. The highest BCUT2D eigenvalue weighted by Gasteiger charge is 2.34. The third kappa shape index (κ3) is 3.36. The fourth-order valence-corrected chi connectivity index (χ4v) is 1.37. The van der Waals surface area contributed by atoms with E-state index in [0.29, 0.717) is 11.5 Å². The molecule has 19 heavy (non-hydrogen) atoms. The van der Waals surface area contributed by atoms with Gasteiger partial charge in [0.1, 0.15) is 5.82 Å². The Balaban J connectivity index is 2.20. The van der Waals surface area contributed by atoms with E-state index in [1.165, 1.54) is 0 Å². The average Bonchev–Trinajstić information content (AvgIpc) is 2.26. The van der Waals surface area contributed by atoms with E-state index in [9.17, 15) is 13.2 Å². The summed E-state index contributed by atoms with van der Waals surface area (Å²) in [6, 6.07) is 1.56. The molecule has 5 nitrogen and oxygen atoms in total. The molecular weight excluding hydrogens is 261 g/mol. The van der Waals surface area contributed by atoms with Crippen molar-refractivity contribution in [3.8, 4) is 11.6 Å². The van der Waals surface area contributed by atoms with Gasteiger partial charge in [0.05, 0.1) is 12.4 Å². The monoisotopic (exact) mass is 270 g/mol. The van der Waals surface area contributed by atoms with Crippen LogP contribution in [0.3, 0.4) is 0 Å². The zero-order valence-electron chi connectivity index (χ0n) is 10.1. The van der Waals surface area contributed by atoms with Crippen molar-refractivity contribution in [2.24, 2.45) is 0 Å². The van der Waals surface area contributed by atoms with E-state index >= 15 is 0 Å². The van der Waals surface area contributed by atoms with E-state index in [2.05, 4.69) is 19.9 Å². The van der Waals surface area contributed by atoms with Crippen LogP contribution in [0.4, 0.5) is 13.2 Å². The third-order valence-electron chi connectivity index (χ3n) is 2.05. The van der Waals surface area contributed by atoms with E-state index in [1.54, 1.807) is 19.9 Å². The maximum absolute atomic E-state index is 12.3. The van der Waals surface area contributed by atoms with Crippen LogP contribution in [0.25, 0.3) is 0 Å². The summed E-state index contributed by atoms with van der Waals surface area (Å²) >= 11 is 0. The molecule has 0 aliphatic carbocycles. The van der Waals surface area contributed by atoms with E-state index in [-0.39, 0.29) is 11.6 Å². The number of ether oxygens (including phenoxy) is 1. The smallest absolute Gasteiger partial charge is 0.436 e. The highest BCUT2D eigenvalue weighted by Crippen LogP contribution is 2.27. The first-order valence-corrected chi connectivity index (χ1v) is 5.24. The van der Waals surface area contributed by atoms with Crippen molar-refractivity contribution in [2.75, 3.05) is 0 Å². The molecule has 100 valence electrons. The molecule has 0 saturated heterocycles. The second-order valence-corrected chi connectivity index (χ2v) is 3.74. The van der Waals surface area contributed by atoms with Gasteiger partial charge in [-0.1, -0.05) is 0 Å². The lowest BCUT2D eigenvalue weighted by Gasteiger charge is -2.07. The highest BCUT2D eigenvalue weighted by atomic mass is 19.4. The summed E-state index contributed by atoms with van der Waals surface area (Å²) < 4.78 is 42.1. The average molecular weight is 270 g/mol. The Morgan fingerprint density at radius 1 is 1.05 bits per heavy atom. The van der Waals surface area contributed by atoms with Crippen LogP contribution in [0.2, 0.25) is 0 Å². The molecule has 0 N–H and O–H groups in total. The predicted molar refractivity (Wildman–Crippen MR) is 58.6 cm³/mol. The first kappa shape index (κ1) is 13.2. The van der Waals surface area contributed by atoms with Gasteiger partial charge in [-0.2, -0.15) is 18.2 Å². The van der Waals surface area contributed by atoms with E-state index in [4.69, 9.17) is 4.74 Å². The maximum atomic E-state index is 12.3. The number of hydrogen-bond acceptors (Lipinski definition) is 5. The second kappa shape index (κ2) is 4.79. The van der Waals surface area contributed by atoms with Gasteiger partial charge in [-0.25, -0.2) is 15.0 Å². The Kier molecular flexibility index (Phi) is 3.32. The van der Waals surface area contributed by atoms with E-state index < -0.39 is 12.0 Å². The van der Waals surface area contributed by atoms with Crippen molar-refractivity contribution in [3.05, 3.63) is 35.8 Å². The molecule has 2 heterocycles.